The molecule has 0 bridgehead atoms. The van der Waals surface area contributed by atoms with Crippen LogP contribution in [0.4, 0.5) is 0 Å². The van der Waals surface area contributed by atoms with Crippen molar-refractivity contribution in [3.8, 4) is 5.69 Å². The molecule has 2 aromatic rings. The average Bonchev–Trinajstić information content (AvgIpc) is 2.69. The van der Waals surface area contributed by atoms with Gasteiger partial charge in [-0.2, -0.15) is 5.10 Å². The molecule has 0 spiro atoms. The fraction of sp³-hybridized carbons (Fsp3) is 0.417. The maximum atomic E-state index is 4.16. The first kappa shape index (κ1) is 10.0. The van der Waals surface area contributed by atoms with E-state index in [1.165, 1.54) is 5.56 Å². The van der Waals surface area contributed by atoms with E-state index in [0.717, 1.165) is 5.69 Å². The fourth-order valence-corrected chi connectivity index (χ4v) is 1.54. The van der Waals surface area contributed by atoms with Crippen molar-refractivity contribution in [2.75, 3.05) is 0 Å². The van der Waals surface area contributed by atoms with Crippen LogP contribution in [0.3, 0.4) is 0 Å². The van der Waals surface area contributed by atoms with Crippen molar-refractivity contribution >= 4 is 0 Å². The molecule has 0 atom stereocenters. The van der Waals surface area contributed by atoms with E-state index >= 15 is 0 Å². The van der Waals surface area contributed by atoms with Gasteiger partial charge >= 0.3 is 0 Å². The molecule has 0 unspecified atom stereocenters. The van der Waals surface area contributed by atoms with E-state index in [9.17, 15) is 0 Å². The highest BCUT2D eigenvalue weighted by Gasteiger charge is 2.15. The van der Waals surface area contributed by atoms with Gasteiger partial charge in [0.1, 0.15) is 0 Å². The van der Waals surface area contributed by atoms with Crippen LogP contribution >= 0.6 is 0 Å². The molecule has 0 fully saturated rings. The molecular formula is C12H17N3. The van der Waals surface area contributed by atoms with Crippen molar-refractivity contribution in [2.45, 2.75) is 26.2 Å². The molecule has 2 aromatic heterocycles. The van der Waals surface area contributed by atoms with Gasteiger partial charge < -0.3 is 4.57 Å². The zero-order valence-electron chi connectivity index (χ0n) is 9.73. The Balaban J connectivity index is 2.36. The van der Waals surface area contributed by atoms with Gasteiger partial charge in [-0.1, -0.05) is 20.8 Å². The number of hydrogen-bond donors (Lipinski definition) is 0. The molecule has 2 heterocycles. The molecule has 0 radical (unpaired) electrons. The van der Waals surface area contributed by atoms with Crippen LogP contribution in [0.25, 0.3) is 5.69 Å². The van der Waals surface area contributed by atoms with Crippen molar-refractivity contribution in [1.82, 2.24) is 14.3 Å². The fourth-order valence-electron chi connectivity index (χ4n) is 1.54. The van der Waals surface area contributed by atoms with Crippen molar-refractivity contribution in [2.24, 2.45) is 7.05 Å². The molecule has 15 heavy (non-hydrogen) atoms. The number of aromatic nitrogens is 3. The highest BCUT2D eigenvalue weighted by Crippen LogP contribution is 2.23. The van der Waals surface area contributed by atoms with Crippen LogP contribution in [0.1, 0.15) is 26.3 Å². The van der Waals surface area contributed by atoms with Gasteiger partial charge in [0.05, 0.1) is 11.9 Å². The first-order chi connectivity index (χ1) is 6.97. The van der Waals surface area contributed by atoms with E-state index in [4.69, 9.17) is 0 Å². The Hall–Kier alpha value is -1.51. The molecule has 0 N–H and O–H groups in total. The topological polar surface area (TPSA) is 22.8 Å². The van der Waals surface area contributed by atoms with Crippen molar-refractivity contribution in [1.29, 1.82) is 0 Å². The summed E-state index contributed by atoms with van der Waals surface area (Å²) in [7, 11) is 1.93. The Morgan fingerprint density at radius 3 is 2.40 bits per heavy atom. The summed E-state index contributed by atoms with van der Waals surface area (Å²) in [6.45, 7) is 6.65. The third-order valence-corrected chi connectivity index (χ3v) is 2.55. The second kappa shape index (κ2) is 3.26. The van der Waals surface area contributed by atoms with E-state index in [1.54, 1.807) is 0 Å². The molecule has 0 amide bonds. The average molecular weight is 203 g/mol. The Morgan fingerprint density at radius 2 is 1.93 bits per heavy atom. The predicted octanol–water partition coefficient (Wildman–Crippen LogP) is 2.51. The highest BCUT2D eigenvalue weighted by atomic mass is 15.3. The molecule has 0 aliphatic heterocycles. The Labute approximate surface area is 90.3 Å². The second-order valence-corrected chi connectivity index (χ2v) is 4.93. The van der Waals surface area contributed by atoms with Gasteiger partial charge in [-0.25, -0.2) is 0 Å². The van der Waals surface area contributed by atoms with Crippen LogP contribution in [0, 0.1) is 0 Å². The Kier molecular flexibility index (Phi) is 2.18. The van der Waals surface area contributed by atoms with Gasteiger partial charge in [0, 0.05) is 25.6 Å². The minimum atomic E-state index is 0.202. The number of aryl methyl sites for hydroxylation is 1. The van der Waals surface area contributed by atoms with Crippen LogP contribution in [0.15, 0.2) is 30.9 Å². The zero-order valence-corrected chi connectivity index (χ0v) is 9.73. The van der Waals surface area contributed by atoms with E-state index in [-0.39, 0.29) is 5.41 Å². The van der Waals surface area contributed by atoms with Crippen LogP contribution in [-0.2, 0) is 12.5 Å². The molecular weight excluding hydrogens is 186 g/mol. The molecule has 0 saturated heterocycles. The van der Waals surface area contributed by atoms with Crippen molar-refractivity contribution in [3.05, 3.63) is 36.4 Å². The first-order valence-corrected chi connectivity index (χ1v) is 5.14. The second-order valence-electron chi connectivity index (χ2n) is 4.93. The van der Waals surface area contributed by atoms with E-state index in [1.807, 2.05) is 24.1 Å². The summed E-state index contributed by atoms with van der Waals surface area (Å²) in [5, 5.41) is 4.16. The SMILES string of the molecule is Cn1cc(-n2ccc(C(C)(C)C)c2)cn1. The zero-order chi connectivity index (χ0) is 11.1. The van der Waals surface area contributed by atoms with Crippen molar-refractivity contribution < 1.29 is 0 Å². The summed E-state index contributed by atoms with van der Waals surface area (Å²) in [5.74, 6) is 0. The molecule has 2 rings (SSSR count). The first-order valence-electron chi connectivity index (χ1n) is 5.14. The number of nitrogens with zero attached hydrogens (tertiary/aromatic N) is 3. The summed E-state index contributed by atoms with van der Waals surface area (Å²) >= 11 is 0. The standard InChI is InChI=1S/C12H17N3/c1-12(2,3)10-5-6-15(8-10)11-7-13-14(4)9-11/h5-9H,1-4H3. The van der Waals surface area contributed by atoms with Gasteiger partial charge in [-0.05, 0) is 17.0 Å². The van der Waals surface area contributed by atoms with E-state index < -0.39 is 0 Å². The van der Waals surface area contributed by atoms with Gasteiger partial charge in [0.25, 0.3) is 0 Å². The number of hydrogen-bond acceptors (Lipinski definition) is 1. The van der Waals surface area contributed by atoms with Crippen LogP contribution in [0.5, 0.6) is 0 Å². The highest BCUT2D eigenvalue weighted by molar-refractivity contribution is 5.31. The normalized spacial score (nSPS) is 12.0. The minimum Gasteiger partial charge on any atom is -0.321 e. The summed E-state index contributed by atoms with van der Waals surface area (Å²) in [5.41, 5.74) is 2.65. The van der Waals surface area contributed by atoms with E-state index in [0.29, 0.717) is 0 Å². The molecule has 0 aromatic carbocycles. The van der Waals surface area contributed by atoms with E-state index in [2.05, 4.69) is 48.9 Å². The molecule has 3 nitrogen and oxygen atoms in total. The summed E-state index contributed by atoms with van der Waals surface area (Å²) < 4.78 is 3.92. The summed E-state index contributed by atoms with van der Waals surface area (Å²) in [6, 6.07) is 2.16. The predicted molar refractivity (Wildman–Crippen MR) is 61.2 cm³/mol. The van der Waals surface area contributed by atoms with Crippen LogP contribution in [0.2, 0.25) is 0 Å². The largest absolute Gasteiger partial charge is 0.321 e. The third kappa shape index (κ3) is 1.96. The van der Waals surface area contributed by atoms with Gasteiger partial charge in [0.2, 0.25) is 0 Å². The molecule has 3 heteroatoms. The Morgan fingerprint density at radius 1 is 1.20 bits per heavy atom. The lowest BCUT2D eigenvalue weighted by atomic mass is 9.89. The van der Waals surface area contributed by atoms with Gasteiger partial charge in [0.15, 0.2) is 0 Å². The van der Waals surface area contributed by atoms with Gasteiger partial charge in [-0.3, -0.25) is 4.68 Å². The molecule has 80 valence electrons. The maximum absolute atomic E-state index is 4.16. The minimum absolute atomic E-state index is 0.202. The number of rotatable bonds is 1. The monoisotopic (exact) mass is 203 g/mol. The van der Waals surface area contributed by atoms with Crippen LogP contribution in [-0.4, -0.2) is 14.3 Å². The lowest BCUT2D eigenvalue weighted by Crippen LogP contribution is -2.09. The third-order valence-electron chi connectivity index (χ3n) is 2.55. The molecule has 0 saturated carbocycles. The van der Waals surface area contributed by atoms with Crippen molar-refractivity contribution in [3.63, 3.8) is 0 Å². The smallest absolute Gasteiger partial charge is 0.0833 e. The Bertz CT molecular complexity index is 457. The molecule has 0 aliphatic rings. The quantitative estimate of drug-likeness (QED) is 0.698. The lowest BCUT2D eigenvalue weighted by Gasteiger charge is -2.15. The molecule has 0 aliphatic carbocycles. The van der Waals surface area contributed by atoms with Crippen LogP contribution < -0.4 is 0 Å². The lowest BCUT2D eigenvalue weighted by molar-refractivity contribution is 0.590. The summed E-state index contributed by atoms with van der Waals surface area (Å²) in [6.07, 6.45) is 8.12. The van der Waals surface area contributed by atoms with Gasteiger partial charge in [-0.15, -0.1) is 0 Å². The maximum Gasteiger partial charge on any atom is 0.0833 e. The summed E-state index contributed by atoms with van der Waals surface area (Å²) in [4.78, 5) is 0.